The highest BCUT2D eigenvalue weighted by atomic mass is 79.9. The maximum Gasteiger partial charge on any atom is 0.323 e. The molecule has 25 heavy (non-hydrogen) atoms. The molecule has 0 aliphatic heterocycles. The molecular formula is C17H16BrNO4S2. The minimum Gasteiger partial charge on any atom is -0.480 e. The zero-order valence-electron chi connectivity index (χ0n) is 13.6. The number of benzene rings is 1. The van der Waals surface area contributed by atoms with Crippen molar-refractivity contribution in [2.45, 2.75) is 13.8 Å². The Morgan fingerprint density at radius 2 is 1.96 bits per heavy atom. The molecule has 0 saturated carbocycles. The van der Waals surface area contributed by atoms with E-state index >= 15 is 0 Å². The smallest absolute Gasteiger partial charge is 0.323 e. The van der Waals surface area contributed by atoms with Crippen molar-refractivity contribution < 1.29 is 19.5 Å². The number of carboxylic acids is 1. The monoisotopic (exact) mass is 441 g/mol. The Hall–Kier alpha value is -1.64. The summed E-state index contributed by atoms with van der Waals surface area (Å²) in [6.07, 6.45) is 0. The molecule has 0 spiro atoms. The third-order valence-corrected chi connectivity index (χ3v) is 6.21. The summed E-state index contributed by atoms with van der Waals surface area (Å²) >= 11 is 5.60. The van der Waals surface area contributed by atoms with Crippen molar-refractivity contribution in [1.29, 1.82) is 0 Å². The fraction of sp³-hybridized carbons (Fsp3) is 0.235. The Kier molecular flexibility index (Phi) is 6.80. The molecule has 5 nitrogen and oxygen atoms in total. The van der Waals surface area contributed by atoms with Crippen LogP contribution in [-0.2, 0) is 9.59 Å². The maximum atomic E-state index is 12.6. The van der Waals surface area contributed by atoms with Crippen molar-refractivity contribution in [2.24, 2.45) is 0 Å². The van der Waals surface area contributed by atoms with E-state index < -0.39 is 18.4 Å². The summed E-state index contributed by atoms with van der Waals surface area (Å²) < 4.78 is 0.790. The van der Waals surface area contributed by atoms with Crippen LogP contribution in [0.1, 0.15) is 20.8 Å². The number of rotatable bonds is 6. The molecule has 0 saturated heterocycles. The lowest BCUT2D eigenvalue weighted by molar-refractivity contribution is -0.136. The highest BCUT2D eigenvalue weighted by molar-refractivity contribution is 9.10. The summed E-state index contributed by atoms with van der Waals surface area (Å²) in [6, 6.07) is 7.14. The van der Waals surface area contributed by atoms with Gasteiger partial charge in [-0.05, 0) is 42.5 Å². The second kappa shape index (κ2) is 8.64. The van der Waals surface area contributed by atoms with Crippen molar-refractivity contribution in [3.05, 3.63) is 50.1 Å². The van der Waals surface area contributed by atoms with Crippen molar-refractivity contribution in [3.63, 3.8) is 0 Å². The Morgan fingerprint density at radius 1 is 1.24 bits per heavy atom. The number of carbonyl (C=O) groups excluding carboxylic acids is 2. The van der Waals surface area contributed by atoms with Crippen LogP contribution in [0.25, 0.3) is 0 Å². The summed E-state index contributed by atoms with van der Waals surface area (Å²) in [5.74, 6) is -1.64. The third kappa shape index (κ3) is 4.93. The number of aryl methyl sites for hydroxylation is 1. The highest BCUT2D eigenvalue weighted by Gasteiger charge is 2.24. The van der Waals surface area contributed by atoms with E-state index in [9.17, 15) is 19.5 Å². The van der Waals surface area contributed by atoms with E-state index in [0.29, 0.717) is 10.6 Å². The number of thiophene rings is 1. The number of carboxylic acid groups (broad SMARTS) is 1. The van der Waals surface area contributed by atoms with Crippen LogP contribution in [-0.4, -0.2) is 34.4 Å². The predicted molar refractivity (Wildman–Crippen MR) is 105 cm³/mol. The molecule has 132 valence electrons. The highest BCUT2D eigenvalue weighted by Crippen LogP contribution is 2.31. The zero-order chi connectivity index (χ0) is 18.6. The first-order valence-corrected chi connectivity index (χ1v) is 9.95. The first kappa shape index (κ1) is 19.7. The molecule has 1 aromatic heterocycles. The molecule has 1 heterocycles. The van der Waals surface area contributed by atoms with E-state index in [2.05, 4.69) is 15.9 Å². The molecule has 0 aliphatic carbocycles. The van der Waals surface area contributed by atoms with Crippen LogP contribution >= 0.6 is 39.0 Å². The molecule has 2 rings (SSSR count). The quantitative estimate of drug-likeness (QED) is 0.729. The molecule has 0 bridgehead atoms. The number of nitrogens with zero attached hydrogens (tertiary/aromatic N) is 1. The summed E-state index contributed by atoms with van der Waals surface area (Å²) in [4.78, 5) is 37.7. The molecule has 0 fully saturated rings. The van der Waals surface area contributed by atoms with Gasteiger partial charge in [0, 0.05) is 4.47 Å². The number of carbonyl (C=O) groups is 3. The van der Waals surface area contributed by atoms with Gasteiger partial charge in [0.2, 0.25) is 11.0 Å². The summed E-state index contributed by atoms with van der Waals surface area (Å²) in [5.41, 5.74) is 2.14. The first-order valence-electron chi connectivity index (χ1n) is 7.29. The normalized spacial score (nSPS) is 10.5. The van der Waals surface area contributed by atoms with Crippen molar-refractivity contribution >= 4 is 61.7 Å². The van der Waals surface area contributed by atoms with Gasteiger partial charge in [0.15, 0.2) is 0 Å². The summed E-state index contributed by atoms with van der Waals surface area (Å²) in [5, 5.41) is 10.8. The van der Waals surface area contributed by atoms with Gasteiger partial charge >= 0.3 is 5.97 Å². The minimum atomic E-state index is -1.11. The van der Waals surface area contributed by atoms with Crippen LogP contribution in [0, 0.1) is 13.8 Å². The van der Waals surface area contributed by atoms with Crippen LogP contribution in [0.3, 0.4) is 0 Å². The van der Waals surface area contributed by atoms with E-state index in [4.69, 9.17) is 0 Å². The number of aliphatic carboxylic acids is 1. The largest absolute Gasteiger partial charge is 0.480 e. The fourth-order valence-electron chi connectivity index (χ4n) is 2.32. The van der Waals surface area contributed by atoms with Gasteiger partial charge in [-0.2, -0.15) is 0 Å². The van der Waals surface area contributed by atoms with E-state index in [0.717, 1.165) is 27.4 Å². The number of thioether (sulfide) groups is 1. The first-order chi connectivity index (χ1) is 11.8. The van der Waals surface area contributed by atoms with Gasteiger partial charge in [-0.3, -0.25) is 19.3 Å². The zero-order valence-corrected chi connectivity index (χ0v) is 16.8. The Labute approximate surface area is 162 Å². The molecule has 1 N–H and O–H groups in total. The molecular weight excluding hydrogens is 426 g/mol. The minimum absolute atomic E-state index is 0.116. The molecule has 2 aromatic rings. The summed E-state index contributed by atoms with van der Waals surface area (Å²) in [7, 11) is 0. The molecule has 1 amide bonds. The van der Waals surface area contributed by atoms with Crippen LogP contribution in [0.5, 0.6) is 0 Å². The molecule has 0 unspecified atom stereocenters. The summed E-state index contributed by atoms with van der Waals surface area (Å²) in [6.45, 7) is 3.18. The van der Waals surface area contributed by atoms with Gasteiger partial charge in [-0.1, -0.05) is 39.8 Å². The Balaban J connectivity index is 2.23. The molecule has 0 atom stereocenters. The fourth-order valence-corrected chi connectivity index (χ4v) is 4.14. The van der Waals surface area contributed by atoms with Crippen LogP contribution in [0.4, 0.5) is 5.69 Å². The molecule has 0 aliphatic rings. The average molecular weight is 442 g/mol. The standard InChI is InChI=1S/C17H16BrNO4S2/c1-10-5-6-12(18)11(2)16(10)19(8-15(21)22)14(20)9-25-17(23)13-4-3-7-24-13/h3-7H,8-9H2,1-2H3,(H,21,22). The van der Waals surface area contributed by atoms with Gasteiger partial charge in [-0.25, -0.2) is 0 Å². The lowest BCUT2D eigenvalue weighted by atomic mass is 10.1. The lowest BCUT2D eigenvalue weighted by Gasteiger charge is -2.25. The van der Waals surface area contributed by atoms with E-state index in [1.165, 1.54) is 16.2 Å². The van der Waals surface area contributed by atoms with Crippen molar-refractivity contribution in [1.82, 2.24) is 0 Å². The van der Waals surface area contributed by atoms with Crippen LogP contribution < -0.4 is 4.90 Å². The lowest BCUT2D eigenvalue weighted by Crippen LogP contribution is -2.38. The van der Waals surface area contributed by atoms with Crippen LogP contribution in [0.2, 0.25) is 0 Å². The number of anilines is 1. The second-order valence-corrected chi connectivity index (χ2v) is 8.02. The number of amides is 1. The van der Waals surface area contributed by atoms with Crippen LogP contribution in [0.15, 0.2) is 34.1 Å². The van der Waals surface area contributed by atoms with Crippen molar-refractivity contribution in [3.8, 4) is 0 Å². The maximum absolute atomic E-state index is 12.6. The third-order valence-electron chi connectivity index (χ3n) is 3.48. The number of hydrogen-bond acceptors (Lipinski definition) is 5. The Bertz CT molecular complexity index is 805. The van der Waals surface area contributed by atoms with E-state index in [1.54, 1.807) is 17.5 Å². The van der Waals surface area contributed by atoms with Gasteiger partial charge < -0.3 is 5.11 Å². The predicted octanol–water partition coefficient (Wildman–Crippen LogP) is 4.12. The van der Waals surface area contributed by atoms with Gasteiger partial charge in [0.25, 0.3) is 0 Å². The van der Waals surface area contributed by atoms with Gasteiger partial charge in [0.1, 0.15) is 6.54 Å². The average Bonchev–Trinajstić information content (AvgIpc) is 3.09. The molecule has 1 aromatic carbocycles. The second-order valence-electron chi connectivity index (χ2n) is 5.26. The molecule has 8 heteroatoms. The van der Waals surface area contributed by atoms with Crippen molar-refractivity contribution in [2.75, 3.05) is 17.2 Å². The SMILES string of the molecule is Cc1ccc(Br)c(C)c1N(CC(=O)O)C(=O)CSC(=O)c1cccs1. The van der Waals surface area contributed by atoms with E-state index in [-0.39, 0.29) is 10.9 Å². The Morgan fingerprint density at radius 3 is 2.56 bits per heavy atom. The number of halogens is 1. The van der Waals surface area contributed by atoms with Gasteiger partial charge in [0.05, 0.1) is 16.3 Å². The molecule has 0 radical (unpaired) electrons. The topological polar surface area (TPSA) is 74.7 Å². The van der Waals surface area contributed by atoms with Gasteiger partial charge in [-0.15, -0.1) is 11.3 Å². The number of hydrogen-bond donors (Lipinski definition) is 1. The van der Waals surface area contributed by atoms with E-state index in [1.807, 2.05) is 26.0 Å².